The summed E-state index contributed by atoms with van der Waals surface area (Å²) in [4.78, 5) is 29.0. The van der Waals surface area contributed by atoms with Crippen LogP contribution < -0.4 is 10.9 Å². The van der Waals surface area contributed by atoms with Crippen molar-refractivity contribution in [1.82, 2.24) is 25.6 Å². The quantitative estimate of drug-likeness (QED) is 0.491. The Balaban J connectivity index is 1.52. The maximum Gasteiger partial charge on any atom is 0.309 e. The van der Waals surface area contributed by atoms with E-state index >= 15 is 0 Å². The number of carbonyl (C=O) groups excluding carboxylic acids is 2. The Morgan fingerprint density at radius 2 is 1.58 bits per heavy atom. The lowest BCUT2D eigenvalue weighted by molar-refractivity contribution is -0.121. The minimum Gasteiger partial charge on any atom is -0.273 e. The summed E-state index contributed by atoms with van der Waals surface area (Å²) in [6.45, 7) is 0. The van der Waals surface area contributed by atoms with E-state index in [2.05, 4.69) is 20.9 Å². The van der Waals surface area contributed by atoms with E-state index in [4.69, 9.17) is 0 Å². The second-order valence-electron chi connectivity index (χ2n) is 6.68. The smallest absolute Gasteiger partial charge is 0.273 e. The molecule has 3 aromatic carbocycles. The Labute approximate surface area is 177 Å². The number of amides is 2. The van der Waals surface area contributed by atoms with Gasteiger partial charge in [0.1, 0.15) is 5.82 Å². The number of rotatable bonds is 5. The number of hydrogen-bond acceptors (Lipinski definition) is 4. The fourth-order valence-electron chi connectivity index (χ4n) is 2.99. The van der Waals surface area contributed by atoms with Crippen LogP contribution in [0.2, 0.25) is 0 Å². The highest BCUT2D eigenvalue weighted by Gasteiger charge is 2.19. The molecule has 4 rings (SSSR count). The van der Waals surface area contributed by atoms with Crippen molar-refractivity contribution in [2.75, 3.05) is 0 Å². The van der Waals surface area contributed by atoms with Crippen molar-refractivity contribution in [3.05, 3.63) is 102 Å². The highest BCUT2D eigenvalue weighted by molar-refractivity contribution is 5.92. The molecular weight excluding hydrogens is 397 g/mol. The van der Waals surface area contributed by atoms with Crippen LogP contribution in [0.25, 0.3) is 17.1 Å². The largest absolute Gasteiger partial charge is 0.309 e. The van der Waals surface area contributed by atoms with Gasteiger partial charge in [-0.15, -0.1) is 5.10 Å². The van der Waals surface area contributed by atoms with Crippen molar-refractivity contribution < 1.29 is 14.0 Å². The number of aromatic nitrogens is 3. The molecule has 0 aliphatic carbocycles. The van der Waals surface area contributed by atoms with Gasteiger partial charge >= 0.3 is 5.91 Å². The average molecular weight is 415 g/mol. The molecule has 0 aliphatic heterocycles. The molecule has 31 heavy (non-hydrogen) atoms. The number of nitrogens with zero attached hydrogens (tertiary/aromatic N) is 3. The van der Waals surface area contributed by atoms with Crippen LogP contribution >= 0.6 is 0 Å². The molecular formula is C23H18FN5O2. The average Bonchev–Trinajstić information content (AvgIpc) is 3.24. The van der Waals surface area contributed by atoms with Crippen molar-refractivity contribution >= 4 is 11.8 Å². The lowest BCUT2D eigenvalue weighted by Gasteiger charge is -2.06. The molecule has 0 unspecified atom stereocenters. The zero-order chi connectivity index (χ0) is 21.6. The first-order valence-electron chi connectivity index (χ1n) is 9.52. The van der Waals surface area contributed by atoms with E-state index < -0.39 is 17.6 Å². The lowest BCUT2D eigenvalue weighted by Crippen LogP contribution is -2.42. The Morgan fingerprint density at radius 1 is 0.871 bits per heavy atom. The Bertz CT molecular complexity index is 1150. The second kappa shape index (κ2) is 9.00. The third kappa shape index (κ3) is 4.81. The monoisotopic (exact) mass is 415 g/mol. The predicted octanol–water partition coefficient (Wildman–Crippen LogP) is 3.08. The number of hydrazine groups is 1. The Morgan fingerprint density at radius 3 is 2.29 bits per heavy atom. The molecule has 7 nitrogen and oxygen atoms in total. The van der Waals surface area contributed by atoms with Crippen molar-refractivity contribution in [3.8, 4) is 17.1 Å². The van der Waals surface area contributed by atoms with Gasteiger partial charge in [0.25, 0.3) is 0 Å². The van der Waals surface area contributed by atoms with Gasteiger partial charge in [-0.1, -0.05) is 60.7 Å². The fraction of sp³-hybridized carbons (Fsp3) is 0.0435. The van der Waals surface area contributed by atoms with Crippen LogP contribution in [0, 0.1) is 5.82 Å². The van der Waals surface area contributed by atoms with Gasteiger partial charge in [-0.25, -0.2) is 14.1 Å². The molecule has 0 spiro atoms. The van der Waals surface area contributed by atoms with E-state index in [1.54, 1.807) is 10.7 Å². The number of para-hydroxylation sites is 1. The van der Waals surface area contributed by atoms with E-state index in [-0.39, 0.29) is 12.2 Å². The van der Waals surface area contributed by atoms with E-state index in [1.807, 2.05) is 60.7 Å². The van der Waals surface area contributed by atoms with Crippen molar-refractivity contribution in [2.45, 2.75) is 6.42 Å². The van der Waals surface area contributed by atoms with Crippen LogP contribution in [0.4, 0.5) is 4.39 Å². The molecule has 0 aliphatic rings. The molecule has 0 saturated heterocycles. The van der Waals surface area contributed by atoms with Gasteiger partial charge < -0.3 is 0 Å². The first-order chi connectivity index (χ1) is 15.1. The standard InChI is InChI=1S/C23H18FN5O2/c24-18-11-7-8-16(14-18)15-20(30)26-27-23(31)21-25-22(17-9-3-1-4-10-17)29(28-21)19-12-5-2-6-13-19/h1-14H,15H2,(H,26,30)(H,27,31). The SMILES string of the molecule is O=C(Cc1cccc(F)c1)NNC(=O)c1nc(-c2ccccc2)n(-c2ccccc2)n1. The predicted molar refractivity (Wildman–Crippen MR) is 113 cm³/mol. The van der Waals surface area contributed by atoms with Crippen LogP contribution in [-0.4, -0.2) is 26.6 Å². The molecule has 0 bridgehead atoms. The summed E-state index contributed by atoms with van der Waals surface area (Å²) in [5.41, 5.74) is 6.63. The highest BCUT2D eigenvalue weighted by Crippen LogP contribution is 2.20. The molecule has 1 heterocycles. The number of nitrogens with one attached hydrogen (secondary N) is 2. The molecule has 0 radical (unpaired) electrons. The van der Waals surface area contributed by atoms with Gasteiger partial charge in [-0.3, -0.25) is 20.4 Å². The van der Waals surface area contributed by atoms with Crippen LogP contribution in [-0.2, 0) is 11.2 Å². The third-order valence-corrected chi connectivity index (χ3v) is 4.41. The summed E-state index contributed by atoms with van der Waals surface area (Å²) >= 11 is 0. The summed E-state index contributed by atoms with van der Waals surface area (Å²) in [5.74, 6) is -1.21. The lowest BCUT2D eigenvalue weighted by atomic mass is 10.1. The third-order valence-electron chi connectivity index (χ3n) is 4.41. The van der Waals surface area contributed by atoms with Gasteiger partial charge in [0, 0.05) is 5.56 Å². The van der Waals surface area contributed by atoms with Gasteiger partial charge in [-0.2, -0.15) is 0 Å². The molecule has 154 valence electrons. The van der Waals surface area contributed by atoms with Crippen LogP contribution in [0.1, 0.15) is 16.2 Å². The van der Waals surface area contributed by atoms with E-state index in [9.17, 15) is 14.0 Å². The van der Waals surface area contributed by atoms with Crippen molar-refractivity contribution in [2.24, 2.45) is 0 Å². The van der Waals surface area contributed by atoms with Gasteiger partial charge in [0.05, 0.1) is 12.1 Å². The summed E-state index contributed by atoms with van der Waals surface area (Å²) in [5, 5.41) is 4.32. The fourth-order valence-corrected chi connectivity index (χ4v) is 2.99. The van der Waals surface area contributed by atoms with Crippen molar-refractivity contribution in [1.29, 1.82) is 0 Å². The van der Waals surface area contributed by atoms with E-state index in [0.717, 1.165) is 11.3 Å². The van der Waals surface area contributed by atoms with Gasteiger partial charge in [0.15, 0.2) is 5.82 Å². The molecule has 0 atom stereocenters. The Kier molecular flexibility index (Phi) is 5.79. The van der Waals surface area contributed by atoms with Crippen molar-refractivity contribution in [3.63, 3.8) is 0 Å². The van der Waals surface area contributed by atoms with E-state index in [1.165, 1.54) is 18.2 Å². The van der Waals surface area contributed by atoms with Crippen LogP contribution in [0.5, 0.6) is 0 Å². The molecule has 0 fully saturated rings. The van der Waals surface area contributed by atoms with Crippen LogP contribution in [0.15, 0.2) is 84.9 Å². The molecule has 0 saturated carbocycles. The molecule has 2 N–H and O–H groups in total. The van der Waals surface area contributed by atoms with Gasteiger partial charge in [-0.05, 0) is 29.8 Å². The normalized spacial score (nSPS) is 10.5. The summed E-state index contributed by atoms with van der Waals surface area (Å²) in [7, 11) is 0. The minimum absolute atomic E-state index is 0.0841. The van der Waals surface area contributed by atoms with Gasteiger partial charge in [0.2, 0.25) is 11.7 Å². The number of hydrogen-bond donors (Lipinski definition) is 2. The second-order valence-corrected chi connectivity index (χ2v) is 6.68. The molecule has 8 heteroatoms. The molecule has 4 aromatic rings. The molecule has 2 amide bonds. The maximum atomic E-state index is 13.3. The zero-order valence-electron chi connectivity index (χ0n) is 16.3. The highest BCUT2D eigenvalue weighted by atomic mass is 19.1. The molecule has 1 aromatic heterocycles. The maximum absolute atomic E-state index is 13.3. The zero-order valence-corrected chi connectivity index (χ0v) is 16.3. The Hall–Kier alpha value is -4.33. The number of halogens is 1. The minimum atomic E-state index is -0.667. The topological polar surface area (TPSA) is 88.9 Å². The summed E-state index contributed by atoms with van der Waals surface area (Å²) in [6, 6.07) is 24.3. The summed E-state index contributed by atoms with van der Waals surface area (Å²) in [6.07, 6.45) is -0.0841. The first-order valence-corrected chi connectivity index (χ1v) is 9.52. The number of benzene rings is 3. The first kappa shape index (κ1) is 20.0. The van der Waals surface area contributed by atoms with Crippen LogP contribution in [0.3, 0.4) is 0 Å². The number of carbonyl (C=O) groups is 2. The van der Waals surface area contributed by atoms with E-state index in [0.29, 0.717) is 11.4 Å². The summed E-state index contributed by atoms with van der Waals surface area (Å²) < 4.78 is 14.8.